The van der Waals surface area contributed by atoms with Crippen LogP contribution in [0.5, 0.6) is 46.0 Å². The number of phenolic OH excluding ortho intramolecular Hbond substituents is 4. The van der Waals surface area contributed by atoms with Gasteiger partial charge in [0.05, 0.1) is 27.2 Å². The predicted octanol–water partition coefficient (Wildman–Crippen LogP) is 5.97. The maximum absolute atomic E-state index is 10.3. The zero-order chi connectivity index (χ0) is 27.7. The van der Waals surface area contributed by atoms with Crippen molar-refractivity contribution in [3.63, 3.8) is 0 Å². The third kappa shape index (κ3) is 4.96. The summed E-state index contributed by atoms with van der Waals surface area (Å²) in [7, 11) is 4.53. The molecule has 0 bridgehead atoms. The van der Waals surface area contributed by atoms with Crippen molar-refractivity contribution in [1.29, 1.82) is 0 Å². The fraction of sp³-hybridized carbons (Fsp3) is 0.161. The van der Waals surface area contributed by atoms with Crippen molar-refractivity contribution in [2.24, 2.45) is 0 Å². The van der Waals surface area contributed by atoms with E-state index in [2.05, 4.69) is 0 Å². The molecule has 4 N–H and O–H groups in total. The Morgan fingerprint density at radius 3 is 2.00 bits per heavy atom. The maximum Gasteiger partial charge on any atom is 0.161 e. The Labute approximate surface area is 225 Å². The van der Waals surface area contributed by atoms with Crippen LogP contribution in [0.1, 0.15) is 39.8 Å². The molecule has 0 aromatic heterocycles. The summed E-state index contributed by atoms with van der Waals surface area (Å²) < 4.78 is 22.6. The Bertz CT molecular complexity index is 1540. The van der Waals surface area contributed by atoms with Crippen molar-refractivity contribution in [3.05, 3.63) is 94.5 Å². The smallest absolute Gasteiger partial charge is 0.161 e. The third-order valence-corrected chi connectivity index (χ3v) is 6.73. The van der Waals surface area contributed by atoms with Gasteiger partial charge in [0, 0.05) is 17.7 Å². The van der Waals surface area contributed by atoms with Crippen molar-refractivity contribution in [1.82, 2.24) is 0 Å². The van der Waals surface area contributed by atoms with Crippen molar-refractivity contribution in [3.8, 4) is 46.0 Å². The zero-order valence-electron chi connectivity index (χ0n) is 21.6. The number of fused-ring (bicyclic) bond motifs is 1. The number of ether oxygens (including phenoxy) is 4. The van der Waals surface area contributed by atoms with E-state index >= 15 is 0 Å². The van der Waals surface area contributed by atoms with Gasteiger partial charge in [-0.3, -0.25) is 0 Å². The largest absolute Gasteiger partial charge is 0.508 e. The minimum atomic E-state index is -0.580. The molecule has 0 aliphatic carbocycles. The average Bonchev–Trinajstić information content (AvgIpc) is 3.31. The molecule has 200 valence electrons. The van der Waals surface area contributed by atoms with Gasteiger partial charge in [0.2, 0.25) is 0 Å². The molecule has 5 rings (SSSR count). The van der Waals surface area contributed by atoms with Gasteiger partial charge < -0.3 is 39.4 Å². The van der Waals surface area contributed by atoms with Crippen LogP contribution in [0.2, 0.25) is 0 Å². The van der Waals surface area contributed by atoms with Crippen molar-refractivity contribution >= 4 is 12.2 Å². The van der Waals surface area contributed by atoms with Crippen LogP contribution in [-0.2, 0) is 0 Å². The number of aromatic hydroxyl groups is 4. The highest BCUT2D eigenvalue weighted by molar-refractivity contribution is 5.76. The highest BCUT2D eigenvalue weighted by Crippen LogP contribution is 2.54. The van der Waals surface area contributed by atoms with Gasteiger partial charge in [-0.15, -0.1) is 0 Å². The highest BCUT2D eigenvalue weighted by Gasteiger charge is 2.39. The molecule has 0 fully saturated rings. The second-order valence-electron chi connectivity index (χ2n) is 9.12. The molecule has 2 unspecified atom stereocenters. The van der Waals surface area contributed by atoms with Crippen LogP contribution in [-0.4, -0.2) is 41.8 Å². The minimum Gasteiger partial charge on any atom is -0.508 e. The van der Waals surface area contributed by atoms with Crippen LogP contribution < -0.4 is 18.9 Å². The van der Waals surface area contributed by atoms with Gasteiger partial charge in [0.15, 0.2) is 23.0 Å². The van der Waals surface area contributed by atoms with Gasteiger partial charge >= 0.3 is 0 Å². The standard InChI is InChI=1S/C31H28O8/c1-36-23-13-18(6-4-17-5-8-24(34)26(10-17)37-2)29-28(16-23)39-31(19-7-9-25(35)27(14-19)38-3)30(29)20-11-21(32)15-22(33)12-20/h4-16,30-35H,1-3H3/b6-4+. The molecule has 1 aliphatic rings. The molecule has 4 aromatic carbocycles. The van der Waals surface area contributed by atoms with Crippen LogP contribution in [0.15, 0.2) is 66.7 Å². The van der Waals surface area contributed by atoms with E-state index in [0.29, 0.717) is 28.6 Å². The summed E-state index contributed by atoms with van der Waals surface area (Å²) >= 11 is 0. The van der Waals surface area contributed by atoms with Crippen LogP contribution in [0.4, 0.5) is 0 Å². The number of benzene rings is 4. The van der Waals surface area contributed by atoms with Crippen LogP contribution in [0.25, 0.3) is 12.2 Å². The summed E-state index contributed by atoms with van der Waals surface area (Å²) in [6.07, 6.45) is 3.21. The van der Waals surface area contributed by atoms with Gasteiger partial charge in [-0.2, -0.15) is 0 Å². The Balaban J connectivity index is 1.69. The molecule has 0 saturated carbocycles. The second-order valence-corrected chi connectivity index (χ2v) is 9.12. The second kappa shape index (κ2) is 10.4. The monoisotopic (exact) mass is 528 g/mol. The first-order valence-electron chi connectivity index (χ1n) is 12.1. The predicted molar refractivity (Wildman–Crippen MR) is 146 cm³/mol. The van der Waals surface area contributed by atoms with E-state index in [1.54, 1.807) is 55.6 Å². The van der Waals surface area contributed by atoms with E-state index in [4.69, 9.17) is 18.9 Å². The number of hydrogen-bond donors (Lipinski definition) is 4. The molecule has 8 heteroatoms. The lowest BCUT2D eigenvalue weighted by Crippen LogP contribution is -2.12. The minimum absolute atomic E-state index is 0.00192. The molecule has 39 heavy (non-hydrogen) atoms. The summed E-state index contributed by atoms with van der Waals surface area (Å²) in [6, 6.07) is 18.2. The quantitative estimate of drug-likeness (QED) is 0.217. The molecule has 0 saturated heterocycles. The van der Waals surface area contributed by atoms with Gasteiger partial charge in [-0.05, 0) is 64.7 Å². The van der Waals surface area contributed by atoms with E-state index in [0.717, 1.165) is 22.3 Å². The lowest BCUT2D eigenvalue weighted by molar-refractivity contribution is 0.220. The van der Waals surface area contributed by atoms with Crippen molar-refractivity contribution in [2.75, 3.05) is 21.3 Å². The first-order valence-corrected chi connectivity index (χ1v) is 12.1. The normalized spacial score (nSPS) is 16.1. The van der Waals surface area contributed by atoms with Crippen LogP contribution >= 0.6 is 0 Å². The first kappa shape index (κ1) is 25.7. The maximum atomic E-state index is 10.3. The molecule has 1 heterocycles. The molecule has 2 atom stereocenters. The topological polar surface area (TPSA) is 118 Å². The zero-order valence-corrected chi connectivity index (χ0v) is 21.6. The van der Waals surface area contributed by atoms with E-state index in [1.807, 2.05) is 18.2 Å². The van der Waals surface area contributed by atoms with Gasteiger partial charge in [-0.1, -0.05) is 24.3 Å². The van der Waals surface area contributed by atoms with Crippen molar-refractivity contribution < 1.29 is 39.4 Å². The number of rotatable bonds is 7. The summed E-state index contributed by atoms with van der Waals surface area (Å²) in [4.78, 5) is 0. The number of hydrogen-bond acceptors (Lipinski definition) is 8. The van der Waals surface area contributed by atoms with E-state index < -0.39 is 12.0 Å². The Hall–Kier alpha value is -4.98. The molecule has 0 radical (unpaired) electrons. The summed E-state index contributed by atoms with van der Waals surface area (Å²) in [5.74, 6) is 1.23. The summed E-state index contributed by atoms with van der Waals surface area (Å²) in [5.41, 5.74) is 3.77. The average molecular weight is 529 g/mol. The molecular weight excluding hydrogens is 500 g/mol. The Morgan fingerprint density at radius 1 is 0.667 bits per heavy atom. The summed E-state index contributed by atoms with van der Waals surface area (Å²) in [5, 5.41) is 40.8. The molecular formula is C31H28O8. The number of phenols is 4. The Morgan fingerprint density at radius 2 is 1.33 bits per heavy atom. The fourth-order valence-corrected chi connectivity index (χ4v) is 4.92. The van der Waals surface area contributed by atoms with Crippen LogP contribution in [0, 0.1) is 0 Å². The fourth-order valence-electron chi connectivity index (χ4n) is 4.92. The van der Waals surface area contributed by atoms with Crippen LogP contribution in [0.3, 0.4) is 0 Å². The lowest BCUT2D eigenvalue weighted by Gasteiger charge is -2.22. The lowest BCUT2D eigenvalue weighted by atomic mass is 9.82. The Kier molecular flexibility index (Phi) is 6.85. The highest BCUT2D eigenvalue weighted by atomic mass is 16.5. The molecule has 0 spiro atoms. The first-order chi connectivity index (χ1) is 18.8. The molecule has 4 aromatic rings. The molecule has 1 aliphatic heterocycles. The van der Waals surface area contributed by atoms with Gasteiger partial charge in [0.25, 0.3) is 0 Å². The summed E-state index contributed by atoms with van der Waals surface area (Å²) in [6.45, 7) is 0. The van der Waals surface area contributed by atoms with E-state index in [-0.39, 0.29) is 23.0 Å². The van der Waals surface area contributed by atoms with E-state index in [9.17, 15) is 20.4 Å². The van der Waals surface area contributed by atoms with Crippen molar-refractivity contribution in [2.45, 2.75) is 12.0 Å². The van der Waals surface area contributed by atoms with Gasteiger partial charge in [0.1, 0.15) is 29.1 Å². The molecule has 8 nitrogen and oxygen atoms in total. The number of methoxy groups -OCH3 is 3. The van der Waals surface area contributed by atoms with Gasteiger partial charge in [-0.25, -0.2) is 0 Å². The third-order valence-electron chi connectivity index (χ3n) is 6.73. The SMILES string of the molecule is COc1cc(/C=C/c2ccc(O)c(OC)c2)c2c(c1)OC(c1ccc(O)c(OC)c1)C2c1cc(O)cc(O)c1. The van der Waals surface area contributed by atoms with E-state index in [1.165, 1.54) is 26.4 Å². The molecule has 0 amide bonds.